The highest BCUT2D eigenvalue weighted by Gasteiger charge is 2.25. The van der Waals surface area contributed by atoms with E-state index in [9.17, 15) is 0 Å². The molecule has 1 aliphatic heterocycles. The van der Waals surface area contributed by atoms with Crippen molar-refractivity contribution in [3.05, 3.63) is 40.3 Å². The second-order valence-electron chi connectivity index (χ2n) is 7.41. The Bertz CT molecular complexity index is 706. The Balaban J connectivity index is 0.00000280. The average Bonchev–Trinajstić information content (AvgIpc) is 3.34. The van der Waals surface area contributed by atoms with Gasteiger partial charge in [0.25, 0.3) is 0 Å². The summed E-state index contributed by atoms with van der Waals surface area (Å²) < 4.78 is 1.96. The van der Waals surface area contributed by atoms with Gasteiger partial charge in [0.2, 0.25) is 0 Å². The van der Waals surface area contributed by atoms with Crippen LogP contribution in [-0.4, -0.2) is 53.9 Å². The topological polar surface area (TPSA) is 57.5 Å². The van der Waals surface area contributed by atoms with Gasteiger partial charge in [-0.2, -0.15) is 5.10 Å². The van der Waals surface area contributed by atoms with E-state index in [1.54, 1.807) is 0 Å². The molecule has 3 heterocycles. The van der Waals surface area contributed by atoms with Crippen LogP contribution in [0.1, 0.15) is 36.2 Å². The summed E-state index contributed by atoms with van der Waals surface area (Å²) in [5, 5.41) is 13.4. The number of aliphatic imine (C=N–C) groups is 1. The van der Waals surface area contributed by atoms with Gasteiger partial charge in [-0.3, -0.25) is 14.6 Å². The molecule has 0 spiro atoms. The van der Waals surface area contributed by atoms with E-state index in [2.05, 4.69) is 63.2 Å². The highest BCUT2D eigenvalue weighted by Crippen LogP contribution is 2.28. The fourth-order valence-electron chi connectivity index (χ4n) is 3.52. The number of rotatable bonds is 7. The lowest BCUT2D eigenvalue weighted by Crippen LogP contribution is -2.45. The quantitative estimate of drug-likeness (QED) is 0.336. The number of nitrogens with zero attached hydrogens (tertiary/aromatic N) is 4. The number of thiophene rings is 1. The molecule has 0 aliphatic carbocycles. The Kier molecular flexibility index (Phi) is 9.73. The summed E-state index contributed by atoms with van der Waals surface area (Å²) in [5.41, 5.74) is 1.19. The second kappa shape index (κ2) is 11.8. The number of hydrogen-bond acceptors (Lipinski definition) is 4. The fourth-order valence-corrected chi connectivity index (χ4v) is 4.38. The highest BCUT2D eigenvalue weighted by molar-refractivity contribution is 14.0. The SMILES string of the molecule is CN=C(NCCn1cc(C)cn1)NCC(c1cccs1)N1CCC(C)CC1.I. The van der Waals surface area contributed by atoms with Crippen LogP contribution in [0.25, 0.3) is 0 Å². The number of nitrogens with one attached hydrogen (secondary N) is 2. The molecular formula is C20H33IN6S. The third kappa shape index (κ3) is 6.73. The molecule has 2 aromatic rings. The first-order valence-corrected chi connectivity index (χ1v) is 10.7. The lowest BCUT2D eigenvalue weighted by Gasteiger charge is -2.36. The van der Waals surface area contributed by atoms with Crippen LogP contribution >= 0.6 is 35.3 Å². The number of aromatic nitrogens is 2. The van der Waals surface area contributed by atoms with Gasteiger partial charge in [-0.1, -0.05) is 13.0 Å². The van der Waals surface area contributed by atoms with Crippen LogP contribution < -0.4 is 10.6 Å². The maximum absolute atomic E-state index is 4.38. The minimum absolute atomic E-state index is 0. The molecular weight excluding hydrogens is 483 g/mol. The molecule has 28 heavy (non-hydrogen) atoms. The van der Waals surface area contributed by atoms with Crippen molar-refractivity contribution in [2.45, 2.75) is 39.3 Å². The number of guanidine groups is 1. The van der Waals surface area contributed by atoms with E-state index in [0.717, 1.165) is 31.5 Å². The van der Waals surface area contributed by atoms with Gasteiger partial charge in [0.15, 0.2) is 5.96 Å². The number of piperidine rings is 1. The lowest BCUT2D eigenvalue weighted by atomic mass is 9.97. The van der Waals surface area contributed by atoms with Crippen molar-refractivity contribution in [2.75, 3.05) is 33.2 Å². The third-order valence-electron chi connectivity index (χ3n) is 5.21. The van der Waals surface area contributed by atoms with Crippen molar-refractivity contribution >= 4 is 41.3 Å². The summed E-state index contributed by atoms with van der Waals surface area (Å²) in [6, 6.07) is 4.81. The largest absolute Gasteiger partial charge is 0.355 e. The minimum atomic E-state index is 0. The molecule has 6 nitrogen and oxygen atoms in total. The van der Waals surface area contributed by atoms with Gasteiger partial charge < -0.3 is 10.6 Å². The summed E-state index contributed by atoms with van der Waals surface area (Å²) in [6.07, 6.45) is 6.52. The molecule has 156 valence electrons. The van der Waals surface area contributed by atoms with Crippen LogP contribution in [0.4, 0.5) is 0 Å². The van der Waals surface area contributed by atoms with Crippen LogP contribution in [0.2, 0.25) is 0 Å². The Morgan fingerprint density at radius 2 is 2.14 bits per heavy atom. The Morgan fingerprint density at radius 3 is 2.75 bits per heavy atom. The van der Waals surface area contributed by atoms with E-state index in [1.165, 1.54) is 36.4 Å². The molecule has 0 radical (unpaired) electrons. The van der Waals surface area contributed by atoms with Crippen molar-refractivity contribution in [1.29, 1.82) is 0 Å². The summed E-state index contributed by atoms with van der Waals surface area (Å²) in [6.45, 7) is 9.27. The van der Waals surface area contributed by atoms with Crippen LogP contribution in [0.15, 0.2) is 34.9 Å². The monoisotopic (exact) mass is 516 g/mol. The first kappa shape index (κ1) is 23.2. The van der Waals surface area contributed by atoms with E-state index >= 15 is 0 Å². The van der Waals surface area contributed by atoms with Gasteiger partial charge in [-0.25, -0.2) is 0 Å². The summed E-state index contributed by atoms with van der Waals surface area (Å²) >= 11 is 1.85. The standard InChI is InChI=1S/C20H32N6S.HI/c1-16-6-9-25(10-7-16)18(19-5-4-12-27-19)14-23-20(21-3)22-8-11-26-15-17(2)13-24-26;/h4-5,12-13,15-16,18H,6-11,14H2,1-3H3,(H2,21,22,23);1H. The zero-order chi connectivity index (χ0) is 19.1. The maximum Gasteiger partial charge on any atom is 0.191 e. The highest BCUT2D eigenvalue weighted by atomic mass is 127. The zero-order valence-electron chi connectivity index (χ0n) is 17.1. The van der Waals surface area contributed by atoms with E-state index in [1.807, 2.05) is 29.3 Å². The number of aryl methyl sites for hydroxylation is 1. The molecule has 2 aromatic heterocycles. The van der Waals surface area contributed by atoms with E-state index < -0.39 is 0 Å². The molecule has 0 saturated carbocycles. The fraction of sp³-hybridized carbons (Fsp3) is 0.600. The minimum Gasteiger partial charge on any atom is -0.355 e. The average molecular weight is 516 g/mol. The predicted molar refractivity (Wildman–Crippen MR) is 129 cm³/mol. The van der Waals surface area contributed by atoms with Crippen molar-refractivity contribution < 1.29 is 0 Å². The molecule has 0 bridgehead atoms. The maximum atomic E-state index is 4.38. The van der Waals surface area contributed by atoms with Crippen molar-refractivity contribution in [3.63, 3.8) is 0 Å². The van der Waals surface area contributed by atoms with Crippen molar-refractivity contribution in [2.24, 2.45) is 10.9 Å². The van der Waals surface area contributed by atoms with Gasteiger partial charge in [0.05, 0.1) is 18.8 Å². The molecule has 1 unspecified atom stereocenters. The van der Waals surface area contributed by atoms with Crippen LogP contribution in [0, 0.1) is 12.8 Å². The molecule has 1 fully saturated rings. The summed E-state index contributed by atoms with van der Waals surface area (Å²) in [4.78, 5) is 8.44. The summed E-state index contributed by atoms with van der Waals surface area (Å²) in [7, 11) is 1.83. The van der Waals surface area contributed by atoms with Crippen molar-refractivity contribution in [3.8, 4) is 0 Å². The lowest BCUT2D eigenvalue weighted by molar-refractivity contribution is 0.140. The van der Waals surface area contributed by atoms with Crippen LogP contribution in [-0.2, 0) is 6.54 Å². The molecule has 0 amide bonds. The van der Waals surface area contributed by atoms with Gasteiger partial charge in [-0.05, 0) is 55.8 Å². The third-order valence-corrected chi connectivity index (χ3v) is 6.19. The molecule has 1 atom stereocenters. The predicted octanol–water partition coefficient (Wildman–Crippen LogP) is 3.51. The summed E-state index contributed by atoms with van der Waals surface area (Å²) in [5.74, 6) is 1.70. The molecule has 3 rings (SSSR count). The number of halogens is 1. The Labute approximate surface area is 189 Å². The van der Waals surface area contributed by atoms with E-state index in [-0.39, 0.29) is 24.0 Å². The Morgan fingerprint density at radius 1 is 1.36 bits per heavy atom. The van der Waals surface area contributed by atoms with Gasteiger partial charge in [-0.15, -0.1) is 35.3 Å². The van der Waals surface area contributed by atoms with Crippen LogP contribution in [0.3, 0.4) is 0 Å². The van der Waals surface area contributed by atoms with Gasteiger partial charge in [0, 0.05) is 31.2 Å². The molecule has 1 saturated heterocycles. The molecule has 0 aromatic carbocycles. The molecule has 2 N–H and O–H groups in total. The number of likely N-dealkylation sites (tertiary alicyclic amines) is 1. The Hall–Kier alpha value is -1.13. The van der Waals surface area contributed by atoms with Crippen molar-refractivity contribution in [1.82, 2.24) is 25.3 Å². The van der Waals surface area contributed by atoms with Crippen LogP contribution in [0.5, 0.6) is 0 Å². The van der Waals surface area contributed by atoms with E-state index in [4.69, 9.17) is 0 Å². The van der Waals surface area contributed by atoms with Gasteiger partial charge in [0.1, 0.15) is 0 Å². The first-order chi connectivity index (χ1) is 13.2. The van der Waals surface area contributed by atoms with E-state index in [0.29, 0.717) is 6.04 Å². The number of hydrogen-bond donors (Lipinski definition) is 2. The zero-order valence-corrected chi connectivity index (χ0v) is 20.2. The molecule has 1 aliphatic rings. The normalized spacial score (nSPS) is 17.2. The molecule has 8 heteroatoms. The smallest absolute Gasteiger partial charge is 0.191 e. The van der Waals surface area contributed by atoms with Gasteiger partial charge >= 0.3 is 0 Å². The second-order valence-corrected chi connectivity index (χ2v) is 8.39. The first-order valence-electron chi connectivity index (χ1n) is 9.86.